The summed E-state index contributed by atoms with van der Waals surface area (Å²) in [5.41, 5.74) is 5.30. The molecule has 2 rings (SSSR count). The normalized spacial score (nSPS) is 15.4. The fourth-order valence-electron chi connectivity index (χ4n) is 2.67. The number of carbonyl (C=O) groups is 2. The van der Waals surface area contributed by atoms with Crippen molar-refractivity contribution < 1.29 is 14.3 Å². The van der Waals surface area contributed by atoms with E-state index in [4.69, 9.17) is 10.5 Å². The first-order chi connectivity index (χ1) is 11.1. The van der Waals surface area contributed by atoms with Crippen molar-refractivity contribution >= 4 is 27.7 Å². The van der Waals surface area contributed by atoms with Crippen LogP contribution in [0.3, 0.4) is 0 Å². The lowest BCUT2D eigenvalue weighted by atomic mass is 9.96. The highest BCUT2D eigenvalue weighted by molar-refractivity contribution is 9.10. The van der Waals surface area contributed by atoms with Crippen LogP contribution >= 0.6 is 15.9 Å². The molecule has 0 atom stereocenters. The molecule has 2 amide bonds. The summed E-state index contributed by atoms with van der Waals surface area (Å²) >= 11 is 3.38. The van der Waals surface area contributed by atoms with Gasteiger partial charge in [-0.05, 0) is 49.9 Å². The largest absolute Gasteiger partial charge is 0.494 e. The summed E-state index contributed by atoms with van der Waals surface area (Å²) < 4.78 is 6.66. The van der Waals surface area contributed by atoms with E-state index in [0.717, 1.165) is 23.1 Å². The standard InChI is InChI=1S/C17H23BrN2O3/c18-14-4-6-15(7-5-14)23-12-2-1-3-16(21)20-10-8-13(9-11-20)17(19)22/h4-7,13H,1-3,8-12H2,(H2,19,22). The average Bonchev–Trinajstić information content (AvgIpc) is 2.56. The third kappa shape index (κ3) is 5.86. The van der Waals surface area contributed by atoms with E-state index in [-0.39, 0.29) is 17.7 Å². The van der Waals surface area contributed by atoms with E-state index < -0.39 is 0 Å². The van der Waals surface area contributed by atoms with Gasteiger partial charge in [-0.2, -0.15) is 0 Å². The fourth-order valence-corrected chi connectivity index (χ4v) is 2.93. The van der Waals surface area contributed by atoms with Crippen LogP contribution in [0.1, 0.15) is 32.1 Å². The van der Waals surface area contributed by atoms with Crippen molar-refractivity contribution in [2.45, 2.75) is 32.1 Å². The van der Waals surface area contributed by atoms with Gasteiger partial charge in [0.25, 0.3) is 0 Å². The third-order valence-corrected chi connectivity index (χ3v) is 4.65. The van der Waals surface area contributed by atoms with Gasteiger partial charge in [-0.25, -0.2) is 0 Å². The zero-order valence-electron chi connectivity index (χ0n) is 13.2. The predicted octanol–water partition coefficient (Wildman–Crippen LogP) is 2.72. The van der Waals surface area contributed by atoms with E-state index in [2.05, 4.69) is 15.9 Å². The van der Waals surface area contributed by atoms with Gasteiger partial charge in [0.2, 0.25) is 11.8 Å². The van der Waals surface area contributed by atoms with Crippen LogP contribution in [0, 0.1) is 5.92 Å². The van der Waals surface area contributed by atoms with E-state index in [9.17, 15) is 9.59 Å². The molecule has 1 fully saturated rings. The van der Waals surface area contributed by atoms with Crippen molar-refractivity contribution in [3.05, 3.63) is 28.7 Å². The lowest BCUT2D eigenvalue weighted by Crippen LogP contribution is -2.41. The Morgan fingerprint density at radius 2 is 1.83 bits per heavy atom. The van der Waals surface area contributed by atoms with Crippen molar-refractivity contribution in [2.75, 3.05) is 19.7 Å². The van der Waals surface area contributed by atoms with Crippen molar-refractivity contribution in [3.8, 4) is 5.75 Å². The molecule has 23 heavy (non-hydrogen) atoms. The number of hydrogen-bond donors (Lipinski definition) is 1. The Balaban J connectivity index is 1.58. The Hall–Kier alpha value is -1.56. The van der Waals surface area contributed by atoms with Crippen molar-refractivity contribution in [1.82, 2.24) is 4.90 Å². The molecule has 126 valence electrons. The summed E-state index contributed by atoms with van der Waals surface area (Å²) in [6.07, 6.45) is 3.57. The second-order valence-corrected chi connectivity index (χ2v) is 6.73. The molecule has 0 radical (unpaired) electrons. The zero-order valence-corrected chi connectivity index (χ0v) is 14.8. The maximum absolute atomic E-state index is 12.1. The van der Waals surface area contributed by atoms with Crippen LogP contribution < -0.4 is 10.5 Å². The summed E-state index contributed by atoms with van der Waals surface area (Å²) in [6, 6.07) is 7.71. The average molecular weight is 383 g/mol. The second kappa shape index (κ2) is 8.91. The Morgan fingerprint density at radius 3 is 2.43 bits per heavy atom. The number of amides is 2. The minimum Gasteiger partial charge on any atom is -0.494 e. The Labute approximate surface area is 145 Å². The van der Waals surface area contributed by atoms with Crippen LogP contribution in [0.25, 0.3) is 0 Å². The van der Waals surface area contributed by atoms with Crippen LogP contribution in [0.15, 0.2) is 28.7 Å². The fraction of sp³-hybridized carbons (Fsp3) is 0.529. The number of nitrogens with zero attached hydrogens (tertiary/aromatic N) is 1. The molecule has 1 aliphatic heterocycles. The highest BCUT2D eigenvalue weighted by Crippen LogP contribution is 2.18. The van der Waals surface area contributed by atoms with Gasteiger partial charge in [0.1, 0.15) is 5.75 Å². The molecule has 5 nitrogen and oxygen atoms in total. The van der Waals surface area contributed by atoms with Gasteiger partial charge in [-0.1, -0.05) is 15.9 Å². The van der Waals surface area contributed by atoms with Crippen LogP contribution in [0.5, 0.6) is 5.75 Å². The first-order valence-electron chi connectivity index (χ1n) is 8.01. The number of rotatable bonds is 7. The molecule has 0 aromatic heterocycles. The number of unbranched alkanes of at least 4 members (excludes halogenated alkanes) is 1. The van der Waals surface area contributed by atoms with Crippen LogP contribution in [0.2, 0.25) is 0 Å². The SMILES string of the molecule is NC(=O)C1CCN(C(=O)CCCCOc2ccc(Br)cc2)CC1. The lowest BCUT2D eigenvalue weighted by Gasteiger charge is -2.30. The number of halogens is 1. The molecule has 1 aromatic rings. The Morgan fingerprint density at radius 1 is 1.17 bits per heavy atom. The van der Waals surface area contributed by atoms with Gasteiger partial charge in [-0.15, -0.1) is 0 Å². The summed E-state index contributed by atoms with van der Waals surface area (Å²) in [6.45, 7) is 1.89. The molecule has 0 unspecified atom stereocenters. The number of primary amides is 1. The third-order valence-electron chi connectivity index (χ3n) is 4.12. The number of carbonyl (C=O) groups excluding carboxylic acids is 2. The molecule has 6 heteroatoms. The summed E-state index contributed by atoms with van der Waals surface area (Å²) in [5.74, 6) is 0.685. The second-order valence-electron chi connectivity index (χ2n) is 5.82. The first kappa shape index (κ1) is 17.8. The summed E-state index contributed by atoms with van der Waals surface area (Å²) in [7, 11) is 0. The van der Waals surface area contributed by atoms with Crippen LogP contribution in [-0.4, -0.2) is 36.4 Å². The van der Waals surface area contributed by atoms with E-state index in [1.165, 1.54) is 0 Å². The van der Waals surface area contributed by atoms with Crippen molar-refractivity contribution in [2.24, 2.45) is 11.7 Å². The molecule has 1 aromatic carbocycles. The summed E-state index contributed by atoms with van der Waals surface area (Å²) in [4.78, 5) is 25.1. The van der Waals surface area contributed by atoms with E-state index >= 15 is 0 Å². The van der Waals surface area contributed by atoms with E-state index in [0.29, 0.717) is 39.0 Å². The minimum absolute atomic E-state index is 0.0710. The van der Waals surface area contributed by atoms with Gasteiger partial charge in [0.15, 0.2) is 0 Å². The molecule has 0 aliphatic carbocycles. The van der Waals surface area contributed by atoms with Gasteiger partial charge in [-0.3, -0.25) is 9.59 Å². The smallest absolute Gasteiger partial charge is 0.222 e. The highest BCUT2D eigenvalue weighted by Gasteiger charge is 2.25. The first-order valence-corrected chi connectivity index (χ1v) is 8.81. The number of piperidine rings is 1. The molecule has 1 aliphatic rings. The minimum atomic E-state index is -0.248. The maximum atomic E-state index is 12.1. The maximum Gasteiger partial charge on any atom is 0.222 e. The molecule has 1 heterocycles. The number of benzene rings is 1. The molecule has 0 bridgehead atoms. The van der Waals surface area contributed by atoms with Gasteiger partial charge in [0.05, 0.1) is 6.61 Å². The molecule has 2 N–H and O–H groups in total. The van der Waals surface area contributed by atoms with Gasteiger partial charge in [0, 0.05) is 29.9 Å². The Kier molecular flexibility index (Phi) is 6.89. The quantitative estimate of drug-likeness (QED) is 0.736. The van der Waals surface area contributed by atoms with Gasteiger partial charge >= 0.3 is 0 Å². The lowest BCUT2D eigenvalue weighted by molar-refractivity contribution is -0.135. The van der Waals surface area contributed by atoms with Crippen molar-refractivity contribution in [3.63, 3.8) is 0 Å². The summed E-state index contributed by atoms with van der Waals surface area (Å²) in [5, 5.41) is 0. The van der Waals surface area contributed by atoms with Crippen LogP contribution in [-0.2, 0) is 9.59 Å². The predicted molar refractivity (Wildman–Crippen MR) is 92.0 cm³/mol. The number of ether oxygens (including phenoxy) is 1. The molecular formula is C17H23BrN2O3. The number of likely N-dealkylation sites (tertiary alicyclic amines) is 1. The molecule has 1 saturated heterocycles. The molecule has 0 spiro atoms. The number of hydrogen-bond acceptors (Lipinski definition) is 3. The highest BCUT2D eigenvalue weighted by atomic mass is 79.9. The zero-order chi connectivity index (χ0) is 16.7. The van der Waals surface area contributed by atoms with Crippen LogP contribution in [0.4, 0.5) is 0 Å². The Bertz CT molecular complexity index is 525. The number of nitrogens with two attached hydrogens (primary N) is 1. The molecular weight excluding hydrogens is 360 g/mol. The van der Waals surface area contributed by atoms with E-state index in [1.807, 2.05) is 29.2 Å². The van der Waals surface area contributed by atoms with E-state index in [1.54, 1.807) is 0 Å². The van der Waals surface area contributed by atoms with Crippen molar-refractivity contribution in [1.29, 1.82) is 0 Å². The monoisotopic (exact) mass is 382 g/mol. The van der Waals surface area contributed by atoms with Gasteiger partial charge < -0.3 is 15.4 Å². The molecule has 0 saturated carbocycles. The topological polar surface area (TPSA) is 72.6 Å².